The van der Waals surface area contributed by atoms with Crippen molar-refractivity contribution in [2.75, 3.05) is 0 Å². The van der Waals surface area contributed by atoms with Gasteiger partial charge in [-0.25, -0.2) is 0 Å². The molecule has 2 aromatic rings. The van der Waals surface area contributed by atoms with E-state index < -0.39 is 0 Å². The summed E-state index contributed by atoms with van der Waals surface area (Å²) in [6.07, 6.45) is 5.31. The van der Waals surface area contributed by atoms with E-state index in [0.29, 0.717) is 12.1 Å². The first-order chi connectivity index (χ1) is 9.65. The highest BCUT2D eigenvalue weighted by Crippen LogP contribution is 2.32. The molecule has 0 amide bonds. The molecule has 0 fully saturated rings. The molecule has 0 saturated heterocycles. The van der Waals surface area contributed by atoms with Crippen molar-refractivity contribution in [3.63, 3.8) is 0 Å². The van der Waals surface area contributed by atoms with E-state index in [1.165, 1.54) is 40.9 Å². The SMILES string of the molecule is Cc1ccc(C(C)NC2CCCc3occc32)c(C)c1. The molecule has 1 aliphatic rings. The zero-order chi connectivity index (χ0) is 14.1. The summed E-state index contributed by atoms with van der Waals surface area (Å²) in [6, 6.07) is 9.62. The Morgan fingerprint density at radius 1 is 1.25 bits per heavy atom. The molecule has 0 spiro atoms. The van der Waals surface area contributed by atoms with Crippen molar-refractivity contribution in [3.05, 3.63) is 58.5 Å². The molecule has 1 aromatic carbocycles. The van der Waals surface area contributed by atoms with Crippen LogP contribution < -0.4 is 5.32 Å². The van der Waals surface area contributed by atoms with Crippen molar-refractivity contribution in [1.29, 1.82) is 0 Å². The average molecular weight is 269 g/mol. The van der Waals surface area contributed by atoms with Crippen molar-refractivity contribution in [2.24, 2.45) is 0 Å². The third kappa shape index (κ3) is 2.53. The molecule has 0 bridgehead atoms. The summed E-state index contributed by atoms with van der Waals surface area (Å²) in [6.45, 7) is 6.60. The molecule has 3 rings (SSSR count). The Hall–Kier alpha value is -1.54. The fourth-order valence-electron chi connectivity index (χ4n) is 3.36. The van der Waals surface area contributed by atoms with E-state index in [4.69, 9.17) is 4.42 Å². The van der Waals surface area contributed by atoms with Gasteiger partial charge in [0, 0.05) is 24.1 Å². The summed E-state index contributed by atoms with van der Waals surface area (Å²) in [7, 11) is 0. The minimum atomic E-state index is 0.362. The molecule has 0 radical (unpaired) electrons. The maximum atomic E-state index is 5.57. The standard InChI is InChI=1S/C18H23NO/c1-12-7-8-15(13(2)11-12)14(3)19-17-5-4-6-18-16(17)9-10-20-18/h7-11,14,17,19H,4-6H2,1-3H3. The van der Waals surface area contributed by atoms with Crippen LogP contribution in [0.2, 0.25) is 0 Å². The van der Waals surface area contributed by atoms with Gasteiger partial charge in [0.25, 0.3) is 0 Å². The van der Waals surface area contributed by atoms with Gasteiger partial charge in [-0.1, -0.05) is 23.8 Å². The van der Waals surface area contributed by atoms with Crippen molar-refractivity contribution in [1.82, 2.24) is 5.32 Å². The zero-order valence-electron chi connectivity index (χ0n) is 12.6. The number of benzene rings is 1. The number of aryl methyl sites for hydroxylation is 3. The molecule has 2 atom stereocenters. The molecule has 20 heavy (non-hydrogen) atoms. The first kappa shape index (κ1) is 13.4. The second kappa shape index (κ2) is 5.45. The molecule has 2 nitrogen and oxygen atoms in total. The van der Waals surface area contributed by atoms with Gasteiger partial charge in [0.2, 0.25) is 0 Å². The van der Waals surface area contributed by atoms with Crippen LogP contribution in [-0.2, 0) is 6.42 Å². The lowest BCUT2D eigenvalue weighted by atomic mass is 9.91. The van der Waals surface area contributed by atoms with Crippen LogP contribution in [0.5, 0.6) is 0 Å². The van der Waals surface area contributed by atoms with Gasteiger partial charge in [-0.15, -0.1) is 0 Å². The Morgan fingerprint density at radius 2 is 2.10 bits per heavy atom. The van der Waals surface area contributed by atoms with Crippen LogP contribution in [0, 0.1) is 13.8 Å². The third-order valence-corrected chi connectivity index (χ3v) is 4.39. The van der Waals surface area contributed by atoms with Gasteiger partial charge in [0.1, 0.15) is 5.76 Å². The third-order valence-electron chi connectivity index (χ3n) is 4.39. The van der Waals surface area contributed by atoms with Crippen LogP contribution >= 0.6 is 0 Å². The summed E-state index contributed by atoms with van der Waals surface area (Å²) < 4.78 is 5.57. The van der Waals surface area contributed by atoms with Crippen molar-refractivity contribution >= 4 is 0 Å². The molecule has 0 saturated carbocycles. The molecular weight excluding hydrogens is 246 g/mol. The van der Waals surface area contributed by atoms with E-state index >= 15 is 0 Å². The summed E-state index contributed by atoms with van der Waals surface area (Å²) in [5, 5.41) is 3.78. The minimum Gasteiger partial charge on any atom is -0.469 e. The first-order valence-corrected chi connectivity index (χ1v) is 7.54. The second-order valence-corrected chi connectivity index (χ2v) is 5.99. The summed E-state index contributed by atoms with van der Waals surface area (Å²) in [5.74, 6) is 1.17. The fraction of sp³-hybridized carbons (Fsp3) is 0.444. The second-order valence-electron chi connectivity index (χ2n) is 5.99. The largest absolute Gasteiger partial charge is 0.469 e. The van der Waals surface area contributed by atoms with Crippen LogP contribution in [-0.4, -0.2) is 0 Å². The number of furan rings is 1. The van der Waals surface area contributed by atoms with Crippen molar-refractivity contribution < 1.29 is 4.42 Å². The van der Waals surface area contributed by atoms with E-state index in [9.17, 15) is 0 Å². The van der Waals surface area contributed by atoms with Gasteiger partial charge in [-0.05, 0) is 50.8 Å². The molecule has 0 aliphatic heterocycles. The lowest BCUT2D eigenvalue weighted by Gasteiger charge is -2.27. The van der Waals surface area contributed by atoms with Gasteiger partial charge in [0.15, 0.2) is 0 Å². The van der Waals surface area contributed by atoms with Crippen LogP contribution in [0.3, 0.4) is 0 Å². The smallest absolute Gasteiger partial charge is 0.108 e. The van der Waals surface area contributed by atoms with Crippen molar-refractivity contribution in [3.8, 4) is 0 Å². The van der Waals surface area contributed by atoms with Gasteiger partial charge < -0.3 is 9.73 Å². The maximum Gasteiger partial charge on any atom is 0.108 e. The Bertz CT molecular complexity index is 599. The predicted octanol–water partition coefficient (Wildman–Crippen LogP) is 4.62. The minimum absolute atomic E-state index is 0.362. The molecule has 2 unspecified atom stereocenters. The number of rotatable bonds is 3. The van der Waals surface area contributed by atoms with Gasteiger partial charge in [-0.2, -0.15) is 0 Å². The number of nitrogens with one attached hydrogen (secondary N) is 1. The highest BCUT2D eigenvalue weighted by molar-refractivity contribution is 5.33. The lowest BCUT2D eigenvalue weighted by molar-refractivity contribution is 0.385. The van der Waals surface area contributed by atoms with Crippen LogP contribution in [0.25, 0.3) is 0 Å². The Morgan fingerprint density at radius 3 is 2.90 bits per heavy atom. The Labute approximate surface area is 121 Å². The van der Waals surface area contributed by atoms with Gasteiger partial charge >= 0.3 is 0 Å². The molecule has 1 heterocycles. The van der Waals surface area contributed by atoms with Crippen LogP contribution in [0.4, 0.5) is 0 Å². The van der Waals surface area contributed by atoms with E-state index in [2.05, 4.69) is 50.4 Å². The average Bonchev–Trinajstić information content (AvgIpc) is 2.87. The number of hydrogen-bond acceptors (Lipinski definition) is 2. The summed E-state index contributed by atoms with van der Waals surface area (Å²) >= 11 is 0. The highest BCUT2D eigenvalue weighted by Gasteiger charge is 2.24. The summed E-state index contributed by atoms with van der Waals surface area (Å²) in [5.41, 5.74) is 5.44. The van der Waals surface area contributed by atoms with Crippen LogP contribution in [0.15, 0.2) is 34.9 Å². The highest BCUT2D eigenvalue weighted by atomic mass is 16.3. The molecule has 106 valence electrons. The molecule has 1 aliphatic carbocycles. The van der Waals surface area contributed by atoms with Crippen molar-refractivity contribution in [2.45, 2.75) is 52.1 Å². The Balaban J connectivity index is 1.79. The molecular formula is C18H23NO. The fourth-order valence-corrected chi connectivity index (χ4v) is 3.36. The first-order valence-electron chi connectivity index (χ1n) is 7.54. The van der Waals surface area contributed by atoms with E-state index in [0.717, 1.165) is 6.42 Å². The van der Waals surface area contributed by atoms with Gasteiger partial charge in [0.05, 0.1) is 6.26 Å². The van der Waals surface area contributed by atoms with E-state index in [-0.39, 0.29) is 0 Å². The number of fused-ring (bicyclic) bond motifs is 1. The molecule has 2 heteroatoms. The zero-order valence-corrected chi connectivity index (χ0v) is 12.6. The molecule has 1 aromatic heterocycles. The maximum absolute atomic E-state index is 5.57. The Kier molecular flexibility index (Phi) is 3.66. The normalized spacial score (nSPS) is 19.6. The monoisotopic (exact) mass is 269 g/mol. The quantitative estimate of drug-likeness (QED) is 0.879. The number of hydrogen-bond donors (Lipinski definition) is 1. The predicted molar refractivity (Wildman–Crippen MR) is 81.9 cm³/mol. The molecule has 1 N–H and O–H groups in total. The summed E-state index contributed by atoms with van der Waals surface area (Å²) in [4.78, 5) is 0. The van der Waals surface area contributed by atoms with E-state index in [1.807, 2.05) is 6.26 Å². The topological polar surface area (TPSA) is 25.2 Å². The van der Waals surface area contributed by atoms with Gasteiger partial charge in [-0.3, -0.25) is 0 Å². The van der Waals surface area contributed by atoms with Crippen LogP contribution in [0.1, 0.15) is 59.9 Å². The lowest BCUT2D eigenvalue weighted by Crippen LogP contribution is -2.27. The van der Waals surface area contributed by atoms with E-state index in [1.54, 1.807) is 0 Å².